The Labute approximate surface area is 217 Å². The number of pyridine rings is 2. The molecule has 6 rings (SSSR count). The van der Waals surface area contributed by atoms with Crippen LogP contribution < -0.4 is 5.32 Å². The molecule has 4 heterocycles. The summed E-state index contributed by atoms with van der Waals surface area (Å²) in [7, 11) is 0. The molecule has 0 spiro atoms. The molecule has 188 valence electrons. The van der Waals surface area contributed by atoms with Crippen molar-refractivity contribution in [2.45, 2.75) is 20.8 Å². The molecule has 0 atom stereocenters. The molecule has 0 radical (unpaired) electrons. The van der Waals surface area contributed by atoms with Crippen molar-refractivity contribution >= 4 is 33.7 Å². The molecule has 6 aromatic rings. The quantitative estimate of drug-likeness (QED) is 0.258. The highest BCUT2D eigenvalue weighted by atomic mass is 19.1. The molecule has 0 saturated carbocycles. The number of carbonyl (C=O) groups is 1. The summed E-state index contributed by atoms with van der Waals surface area (Å²) in [5.74, 6) is 0.183. The van der Waals surface area contributed by atoms with E-state index in [0.29, 0.717) is 28.4 Å². The molecule has 0 aliphatic heterocycles. The van der Waals surface area contributed by atoms with E-state index >= 15 is 0 Å². The lowest BCUT2D eigenvalue weighted by atomic mass is 9.95. The summed E-state index contributed by atoms with van der Waals surface area (Å²) in [6.45, 7) is 5.57. The van der Waals surface area contributed by atoms with E-state index in [4.69, 9.17) is 9.97 Å². The topological polar surface area (TPSA) is 112 Å². The molecule has 8 nitrogen and oxygen atoms in total. The van der Waals surface area contributed by atoms with Gasteiger partial charge in [0.25, 0.3) is 0 Å². The van der Waals surface area contributed by atoms with Crippen LogP contribution in [0.5, 0.6) is 0 Å². The summed E-state index contributed by atoms with van der Waals surface area (Å²) in [4.78, 5) is 29.8. The van der Waals surface area contributed by atoms with Crippen molar-refractivity contribution in [3.05, 3.63) is 78.9 Å². The standard InChI is InChI=1S/C29H24FN7O/c1-29(2,3)28(38)32-19-13-17(14-31-15-19)21-11-12-23-25(33-21)26(37-36-23)27-34-22-6-4-5-20(24(22)35-27)16-7-9-18(30)10-8-16/h4-15H,1-3H3,(H,32,38)(H,34,35)(H,36,37). The van der Waals surface area contributed by atoms with Crippen LogP contribution in [0.2, 0.25) is 0 Å². The molecular weight excluding hydrogens is 481 g/mol. The average molecular weight is 506 g/mol. The van der Waals surface area contributed by atoms with E-state index in [0.717, 1.165) is 33.2 Å². The Hall–Kier alpha value is -4.92. The van der Waals surface area contributed by atoms with Crippen LogP contribution in [0.4, 0.5) is 10.1 Å². The van der Waals surface area contributed by atoms with Crippen LogP contribution in [0.3, 0.4) is 0 Å². The van der Waals surface area contributed by atoms with Crippen LogP contribution in [-0.2, 0) is 4.79 Å². The van der Waals surface area contributed by atoms with Crippen molar-refractivity contribution in [3.63, 3.8) is 0 Å². The summed E-state index contributed by atoms with van der Waals surface area (Å²) in [5.41, 5.74) is 6.84. The number of hydrogen-bond donors (Lipinski definition) is 3. The molecule has 9 heteroatoms. The predicted octanol–water partition coefficient (Wildman–Crippen LogP) is 6.35. The van der Waals surface area contributed by atoms with Gasteiger partial charge in [0.2, 0.25) is 5.91 Å². The van der Waals surface area contributed by atoms with Crippen LogP contribution in [-0.4, -0.2) is 36.0 Å². The van der Waals surface area contributed by atoms with Crippen LogP contribution in [0.1, 0.15) is 20.8 Å². The predicted molar refractivity (Wildman–Crippen MR) is 146 cm³/mol. The third-order valence-electron chi connectivity index (χ3n) is 6.27. The SMILES string of the molecule is CC(C)(C)C(=O)Nc1cncc(-c2ccc3[nH]nc(-c4nc5c(-c6ccc(F)cc6)cccc5[nH]4)c3n2)c1. The van der Waals surface area contributed by atoms with E-state index in [1.165, 1.54) is 12.1 Å². The van der Waals surface area contributed by atoms with Gasteiger partial charge in [0, 0.05) is 22.7 Å². The van der Waals surface area contributed by atoms with E-state index in [1.54, 1.807) is 24.5 Å². The van der Waals surface area contributed by atoms with Gasteiger partial charge in [-0.25, -0.2) is 14.4 Å². The molecule has 4 aromatic heterocycles. The summed E-state index contributed by atoms with van der Waals surface area (Å²) < 4.78 is 13.5. The molecule has 0 unspecified atom stereocenters. The minimum Gasteiger partial charge on any atom is -0.336 e. The Kier molecular flexibility index (Phi) is 5.48. The Morgan fingerprint density at radius 3 is 2.50 bits per heavy atom. The van der Waals surface area contributed by atoms with Gasteiger partial charge in [0.05, 0.1) is 34.1 Å². The first-order valence-corrected chi connectivity index (χ1v) is 12.1. The van der Waals surface area contributed by atoms with Crippen LogP contribution in [0, 0.1) is 11.2 Å². The number of amides is 1. The van der Waals surface area contributed by atoms with Crippen LogP contribution >= 0.6 is 0 Å². The largest absolute Gasteiger partial charge is 0.336 e. The first-order chi connectivity index (χ1) is 18.3. The Morgan fingerprint density at radius 1 is 0.895 bits per heavy atom. The molecule has 0 aliphatic carbocycles. The second-order valence-electron chi connectivity index (χ2n) is 10.1. The van der Waals surface area contributed by atoms with Gasteiger partial charge in [0.15, 0.2) is 11.5 Å². The highest BCUT2D eigenvalue weighted by Gasteiger charge is 2.22. The van der Waals surface area contributed by atoms with Crippen molar-refractivity contribution in [1.29, 1.82) is 0 Å². The Bertz CT molecular complexity index is 1810. The fourth-order valence-corrected chi connectivity index (χ4v) is 4.20. The molecule has 1 amide bonds. The first kappa shape index (κ1) is 23.5. The summed E-state index contributed by atoms with van der Waals surface area (Å²) in [5, 5.41) is 10.4. The van der Waals surface area contributed by atoms with Gasteiger partial charge >= 0.3 is 0 Å². The third-order valence-corrected chi connectivity index (χ3v) is 6.27. The fourth-order valence-electron chi connectivity index (χ4n) is 4.20. The van der Waals surface area contributed by atoms with E-state index in [1.807, 2.05) is 57.2 Å². The zero-order valence-electron chi connectivity index (χ0n) is 21.0. The maximum atomic E-state index is 13.5. The number of hydrogen-bond acceptors (Lipinski definition) is 5. The minimum absolute atomic E-state index is 0.0955. The minimum atomic E-state index is -0.526. The number of rotatable bonds is 4. The molecule has 0 aliphatic rings. The molecular formula is C29H24FN7O. The zero-order chi connectivity index (χ0) is 26.4. The maximum absolute atomic E-state index is 13.5. The number of aromatic amines is 2. The van der Waals surface area contributed by atoms with Gasteiger partial charge in [-0.3, -0.25) is 14.9 Å². The number of carbonyl (C=O) groups excluding carboxylic acids is 1. The zero-order valence-corrected chi connectivity index (χ0v) is 21.0. The average Bonchev–Trinajstić information content (AvgIpc) is 3.52. The third kappa shape index (κ3) is 4.28. The normalized spacial score (nSPS) is 11.8. The van der Waals surface area contributed by atoms with Gasteiger partial charge in [-0.15, -0.1) is 0 Å². The molecule has 2 aromatic carbocycles. The van der Waals surface area contributed by atoms with Crippen molar-refractivity contribution in [1.82, 2.24) is 30.1 Å². The number of nitrogens with one attached hydrogen (secondary N) is 3. The number of H-pyrrole nitrogens is 2. The number of imidazole rings is 1. The Morgan fingerprint density at radius 2 is 1.71 bits per heavy atom. The highest BCUT2D eigenvalue weighted by Crippen LogP contribution is 2.32. The number of benzene rings is 2. The number of aromatic nitrogens is 6. The van der Waals surface area contributed by atoms with Crippen molar-refractivity contribution in [2.24, 2.45) is 5.41 Å². The fraction of sp³-hybridized carbons (Fsp3) is 0.138. The number of nitrogens with zero attached hydrogens (tertiary/aromatic N) is 4. The lowest BCUT2D eigenvalue weighted by Gasteiger charge is -2.17. The lowest BCUT2D eigenvalue weighted by Crippen LogP contribution is -2.27. The summed E-state index contributed by atoms with van der Waals surface area (Å²) >= 11 is 0. The van der Waals surface area contributed by atoms with Crippen LogP contribution in [0.25, 0.3) is 56.0 Å². The Balaban J connectivity index is 1.39. The van der Waals surface area contributed by atoms with Crippen molar-refractivity contribution in [2.75, 3.05) is 5.32 Å². The highest BCUT2D eigenvalue weighted by molar-refractivity contribution is 5.97. The number of fused-ring (bicyclic) bond motifs is 2. The smallest absolute Gasteiger partial charge is 0.229 e. The molecule has 0 fully saturated rings. The lowest BCUT2D eigenvalue weighted by molar-refractivity contribution is -0.123. The van der Waals surface area contributed by atoms with E-state index in [-0.39, 0.29) is 11.7 Å². The molecule has 0 bridgehead atoms. The van der Waals surface area contributed by atoms with Gasteiger partial charge in [-0.1, -0.05) is 45.0 Å². The van der Waals surface area contributed by atoms with Crippen molar-refractivity contribution in [3.8, 4) is 33.9 Å². The van der Waals surface area contributed by atoms with E-state index < -0.39 is 5.41 Å². The van der Waals surface area contributed by atoms with E-state index in [2.05, 4.69) is 25.5 Å². The van der Waals surface area contributed by atoms with Gasteiger partial charge < -0.3 is 10.3 Å². The van der Waals surface area contributed by atoms with Crippen molar-refractivity contribution < 1.29 is 9.18 Å². The maximum Gasteiger partial charge on any atom is 0.229 e. The monoisotopic (exact) mass is 505 g/mol. The van der Waals surface area contributed by atoms with E-state index in [9.17, 15) is 9.18 Å². The molecule has 38 heavy (non-hydrogen) atoms. The van der Waals surface area contributed by atoms with Gasteiger partial charge in [0.1, 0.15) is 11.3 Å². The second-order valence-corrected chi connectivity index (χ2v) is 10.1. The number of para-hydroxylation sites is 1. The molecule has 3 N–H and O–H groups in total. The number of halogens is 1. The first-order valence-electron chi connectivity index (χ1n) is 12.1. The number of anilines is 1. The van der Waals surface area contributed by atoms with Gasteiger partial charge in [-0.2, -0.15) is 5.10 Å². The van der Waals surface area contributed by atoms with Crippen LogP contribution in [0.15, 0.2) is 73.1 Å². The van der Waals surface area contributed by atoms with Gasteiger partial charge in [-0.05, 0) is 42.0 Å². The second kappa shape index (κ2) is 8.88. The summed E-state index contributed by atoms with van der Waals surface area (Å²) in [6.07, 6.45) is 3.32. The summed E-state index contributed by atoms with van der Waals surface area (Å²) in [6, 6.07) is 17.8. The molecule has 0 saturated heterocycles.